The van der Waals surface area contributed by atoms with Gasteiger partial charge >= 0.3 is 5.97 Å². The van der Waals surface area contributed by atoms with E-state index in [1.165, 1.54) is 7.11 Å². The molecule has 0 spiro atoms. The van der Waals surface area contributed by atoms with Crippen molar-refractivity contribution >= 4 is 16.7 Å². The van der Waals surface area contributed by atoms with Crippen LogP contribution in [-0.2, 0) is 9.53 Å². The second-order valence-corrected chi connectivity index (χ2v) is 5.28. The van der Waals surface area contributed by atoms with Crippen molar-refractivity contribution in [2.24, 2.45) is 0 Å². The first-order valence-electron chi connectivity index (χ1n) is 7.07. The highest BCUT2D eigenvalue weighted by molar-refractivity contribution is 5.90. The SMILES string of the molecule is COC(=O)C(NCCN(C)C)c1cccc2ccccc12. The van der Waals surface area contributed by atoms with Crippen LogP contribution >= 0.6 is 0 Å². The Kier molecular flexibility index (Phi) is 5.31. The lowest BCUT2D eigenvalue weighted by Crippen LogP contribution is -2.34. The summed E-state index contributed by atoms with van der Waals surface area (Å²) in [5, 5.41) is 5.49. The molecule has 1 atom stereocenters. The standard InChI is InChI=1S/C17H22N2O2/c1-19(2)12-11-18-16(17(20)21-3)15-10-6-8-13-7-4-5-9-14(13)15/h4-10,16,18H,11-12H2,1-3H3. The Morgan fingerprint density at radius 3 is 2.62 bits per heavy atom. The van der Waals surface area contributed by atoms with Gasteiger partial charge in [-0.2, -0.15) is 0 Å². The fraction of sp³-hybridized carbons (Fsp3) is 0.353. The zero-order valence-corrected chi connectivity index (χ0v) is 12.8. The number of hydrogen-bond acceptors (Lipinski definition) is 4. The third-order valence-electron chi connectivity index (χ3n) is 3.48. The lowest BCUT2D eigenvalue weighted by molar-refractivity contribution is -0.143. The van der Waals surface area contributed by atoms with E-state index < -0.39 is 6.04 Å². The lowest BCUT2D eigenvalue weighted by Gasteiger charge is -2.20. The quantitative estimate of drug-likeness (QED) is 0.827. The molecule has 1 N–H and O–H groups in total. The molecule has 21 heavy (non-hydrogen) atoms. The molecule has 0 saturated heterocycles. The van der Waals surface area contributed by atoms with E-state index in [0.717, 1.165) is 29.4 Å². The van der Waals surface area contributed by atoms with E-state index in [1.807, 2.05) is 56.6 Å². The molecular weight excluding hydrogens is 264 g/mol. The number of benzene rings is 2. The van der Waals surface area contributed by atoms with Crippen LogP contribution in [0.1, 0.15) is 11.6 Å². The van der Waals surface area contributed by atoms with Crippen LogP contribution in [0.2, 0.25) is 0 Å². The fourth-order valence-electron chi connectivity index (χ4n) is 2.37. The van der Waals surface area contributed by atoms with E-state index in [-0.39, 0.29) is 5.97 Å². The van der Waals surface area contributed by atoms with Crippen molar-refractivity contribution in [3.05, 3.63) is 48.0 Å². The Morgan fingerprint density at radius 2 is 1.90 bits per heavy atom. The predicted octanol–water partition coefficient (Wildman–Crippen LogP) is 2.21. The summed E-state index contributed by atoms with van der Waals surface area (Å²) in [7, 11) is 5.44. The van der Waals surface area contributed by atoms with Gasteiger partial charge in [-0.15, -0.1) is 0 Å². The minimum Gasteiger partial charge on any atom is -0.468 e. The van der Waals surface area contributed by atoms with Crippen LogP contribution in [0.5, 0.6) is 0 Å². The number of nitrogens with zero attached hydrogens (tertiary/aromatic N) is 1. The Bertz CT molecular complexity index is 605. The van der Waals surface area contributed by atoms with Crippen LogP contribution in [0, 0.1) is 0 Å². The molecule has 0 aromatic heterocycles. The summed E-state index contributed by atoms with van der Waals surface area (Å²) in [6.45, 7) is 1.58. The Balaban J connectivity index is 2.32. The van der Waals surface area contributed by atoms with E-state index in [1.54, 1.807) is 0 Å². The molecule has 2 aromatic carbocycles. The first kappa shape index (κ1) is 15.5. The third-order valence-corrected chi connectivity index (χ3v) is 3.48. The Labute approximate surface area is 125 Å². The summed E-state index contributed by atoms with van der Waals surface area (Å²) in [5.41, 5.74) is 0.957. The van der Waals surface area contributed by atoms with Gasteiger partial charge in [0.25, 0.3) is 0 Å². The molecule has 4 nitrogen and oxygen atoms in total. The van der Waals surface area contributed by atoms with Gasteiger partial charge in [0.1, 0.15) is 6.04 Å². The van der Waals surface area contributed by atoms with Crippen molar-refractivity contribution in [1.29, 1.82) is 0 Å². The number of ether oxygens (including phenoxy) is 1. The molecule has 2 aromatic rings. The van der Waals surface area contributed by atoms with E-state index in [9.17, 15) is 4.79 Å². The van der Waals surface area contributed by atoms with Crippen LogP contribution in [0.3, 0.4) is 0 Å². The van der Waals surface area contributed by atoms with Crippen LogP contribution in [0.15, 0.2) is 42.5 Å². The fourth-order valence-corrected chi connectivity index (χ4v) is 2.37. The number of carbonyl (C=O) groups excluding carboxylic acids is 1. The zero-order chi connectivity index (χ0) is 15.2. The number of esters is 1. The van der Waals surface area contributed by atoms with Crippen molar-refractivity contribution in [3.63, 3.8) is 0 Å². The van der Waals surface area contributed by atoms with Gasteiger partial charge in [-0.3, -0.25) is 5.32 Å². The second kappa shape index (κ2) is 7.20. The minimum absolute atomic E-state index is 0.259. The topological polar surface area (TPSA) is 41.6 Å². The molecule has 0 radical (unpaired) electrons. The van der Waals surface area contributed by atoms with Gasteiger partial charge in [0, 0.05) is 13.1 Å². The molecular formula is C17H22N2O2. The second-order valence-electron chi connectivity index (χ2n) is 5.28. The van der Waals surface area contributed by atoms with Crippen molar-refractivity contribution in [3.8, 4) is 0 Å². The average Bonchev–Trinajstić information content (AvgIpc) is 2.50. The van der Waals surface area contributed by atoms with Crippen LogP contribution in [0.4, 0.5) is 0 Å². The van der Waals surface area contributed by atoms with Crippen molar-refractivity contribution in [2.45, 2.75) is 6.04 Å². The summed E-state index contributed by atoms with van der Waals surface area (Å²) in [6.07, 6.45) is 0. The van der Waals surface area contributed by atoms with Gasteiger partial charge < -0.3 is 9.64 Å². The zero-order valence-electron chi connectivity index (χ0n) is 12.8. The molecule has 112 valence electrons. The number of carbonyl (C=O) groups is 1. The van der Waals surface area contributed by atoms with Gasteiger partial charge in [0.2, 0.25) is 0 Å². The van der Waals surface area contributed by atoms with E-state index in [4.69, 9.17) is 4.74 Å². The number of fused-ring (bicyclic) bond motifs is 1. The summed E-state index contributed by atoms with van der Waals surface area (Å²) in [5.74, 6) is -0.259. The highest BCUT2D eigenvalue weighted by Gasteiger charge is 2.22. The van der Waals surface area contributed by atoms with Gasteiger partial charge in [0.05, 0.1) is 7.11 Å². The molecule has 0 saturated carbocycles. The summed E-state index contributed by atoms with van der Waals surface area (Å²) in [6, 6.07) is 13.6. The number of methoxy groups -OCH3 is 1. The molecule has 0 fully saturated rings. The Hall–Kier alpha value is -1.91. The maximum atomic E-state index is 12.1. The molecule has 0 heterocycles. The maximum absolute atomic E-state index is 12.1. The van der Waals surface area contributed by atoms with Crippen molar-refractivity contribution in [2.75, 3.05) is 34.3 Å². The van der Waals surface area contributed by atoms with Crippen LogP contribution < -0.4 is 5.32 Å². The number of nitrogens with one attached hydrogen (secondary N) is 1. The first-order chi connectivity index (χ1) is 10.1. The summed E-state index contributed by atoms with van der Waals surface area (Å²) < 4.78 is 4.96. The molecule has 0 aliphatic carbocycles. The van der Waals surface area contributed by atoms with Gasteiger partial charge in [-0.25, -0.2) is 4.79 Å². The summed E-state index contributed by atoms with van der Waals surface area (Å²) in [4.78, 5) is 14.2. The molecule has 0 bridgehead atoms. The summed E-state index contributed by atoms with van der Waals surface area (Å²) >= 11 is 0. The smallest absolute Gasteiger partial charge is 0.327 e. The van der Waals surface area contributed by atoms with Crippen LogP contribution in [-0.4, -0.2) is 45.2 Å². The number of likely N-dealkylation sites (N-methyl/N-ethyl adjacent to an activating group) is 1. The molecule has 0 aliphatic heterocycles. The van der Waals surface area contributed by atoms with Gasteiger partial charge in [0.15, 0.2) is 0 Å². The highest BCUT2D eigenvalue weighted by atomic mass is 16.5. The normalized spacial score (nSPS) is 12.6. The number of rotatable bonds is 6. The van der Waals surface area contributed by atoms with Gasteiger partial charge in [-0.1, -0.05) is 42.5 Å². The molecule has 0 aliphatic rings. The van der Waals surface area contributed by atoms with Crippen molar-refractivity contribution < 1.29 is 9.53 Å². The van der Waals surface area contributed by atoms with Crippen molar-refractivity contribution in [1.82, 2.24) is 10.2 Å². The van der Waals surface area contributed by atoms with Gasteiger partial charge in [-0.05, 0) is 30.4 Å². The number of hydrogen-bond donors (Lipinski definition) is 1. The monoisotopic (exact) mass is 286 g/mol. The maximum Gasteiger partial charge on any atom is 0.327 e. The van der Waals surface area contributed by atoms with E-state index >= 15 is 0 Å². The van der Waals surface area contributed by atoms with E-state index in [0.29, 0.717) is 0 Å². The molecule has 2 rings (SSSR count). The average molecular weight is 286 g/mol. The predicted molar refractivity (Wildman–Crippen MR) is 85.3 cm³/mol. The first-order valence-corrected chi connectivity index (χ1v) is 7.07. The minimum atomic E-state index is -0.443. The molecule has 4 heteroatoms. The largest absolute Gasteiger partial charge is 0.468 e. The van der Waals surface area contributed by atoms with Crippen LogP contribution in [0.25, 0.3) is 10.8 Å². The molecule has 1 unspecified atom stereocenters. The Morgan fingerprint density at radius 1 is 1.19 bits per heavy atom. The molecule has 0 amide bonds. The highest BCUT2D eigenvalue weighted by Crippen LogP contribution is 2.25. The lowest BCUT2D eigenvalue weighted by atomic mass is 9.98. The third kappa shape index (κ3) is 3.80. The van der Waals surface area contributed by atoms with E-state index in [2.05, 4.69) is 10.2 Å².